The smallest absolute Gasteiger partial charge is 0.343 e. The summed E-state index contributed by atoms with van der Waals surface area (Å²) in [7, 11) is 0. The van der Waals surface area contributed by atoms with Crippen molar-refractivity contribution in [3.05, 3.63) is 71.8 Å². The molecular weight excluding hydrogens is 224 g/mol. The fourth-order valence-corrected chi connectivity index (χ4v) is 1.59. The highest BCUT2D eigenvalue weighted by Gasteiger charge is 2.09. The molecule has 0 aliphatic carbocycles. The number of hydrogen-bond donors (Lipinski definition) is 0. The van der Waals surface area contributed by atoms with Crippen molar-refractivity contribution >= 4 is 12.0 Å². The number of ether oxygens (including phenoxy) is 1. The summed E-state index contributed by atoms with van der Waals surface area (Å²) in [6.07, 6.45) is 1.73. The first-order chi connectivity index (χ1) is 8.70. The van der Waals surface area contributed by atoms with Crippen LogP contribution >= 0.6 is 0 Å². The molecule has 2 aromatic carbocycles. The predicted octanol–water partition coefficient (Wildman–Crippen LogP) is 3.86. The Balaban J connectivity index is 2.17. The lowest BCUT2D eigenvalue weighted by Gasteiger charge is -2.07. The van der Waals surface area contributed by atoms with E-state index < -0.39 is 0 Å². The van der Waals surface area contributed by atoms with Gasteiger partial charge in [-0.2, -0.15) is 0 Å². The fraction of sp³-hybridized carbons (Fsp3) is 0.0625. The molecule has 0 heterocycles. The first-order valence-electron chi connectivity index (χ1n) is 5.71. The molecule has 0 saturated carbocycles. The van der Waals surface area contributed by atoms with E-state index in [2.05, 4.69) is 6.58 Å². The summed E-state index contributed by atoms with van der Waals surface area (Å²) < 4.78 is 5.34. The van der Waals surface area contributed by atoms with Gasteiger partial charge in [-0.15, -0.1) is 0 Å². The molecule has 90 valence electrons. The second kappa shape index (κ2) is 5.32. The summed E-state index contributed by atoms with van der Waals surface area (Å²) in [6.45, 7) is 5.57. The van der Waals surface area contributed by atoms with Crippen LogP contribution in [-0.2, 0) is 0 Å². The quantitative estimate of drug-likeness (QED) is 0.599. The molecule has 2 nitrogen and oxygen atoms in total. The van der Waals surface area contributed by atoms with Crippen molar-refractivity contribution in [1.29, 1.82) is 0 Å². The minimum Gasteiger partial charge on any atom is -0.423 e. The van der Waals surface area contributed by atoms with Crippen LogP contribution in [0.15, 0.2) is 55.1 Å². The molecule has 0 unspecified atom stereocenters. The van der Waals surface area contributed by atoms with Gasteiger partial charge < -0.3 is 4.74 Å². The van der Waals surface area contributed by atoms with Crippen LogP contribution in [0.5, 0.6) is 5.75 Å². The zero-order valence-electron chi connectivity index (χ0n) is 10.2. The summed E-state index contributed by atoms with van der Waals surface area (Å²) in [4.78, 5) is 11.9. The number of esters is 1. The van der Waals surface area contributed by atoms with Crippen molar-refractivity contribution in [3.8, 4) is 5.75 Å². The Hall–Kier alpha value is -2.35. The zero-order chi connectivity index (χ0) is 13.0. The molecular formula is C16H14O2. The van der Waals surface area contributed by atoms with Crippen LogP contribution in [0.4, 0.5) is 0 Å². The van der Waals surface area contributed by atoms with Gasteiger partial charge in [-0.1, -0.05) is 43.0 Å². The van der Waals surface area contributed by atoms with Crippen molar-refractivity contribution in [3.63, 3.8) is 0 Å². The normalized spacial score (nSPS) is 9.83. The van der Waals surface area contributed by atoms with Crippen molar-refractivity contribution in [2.24, 2.45) is 0 Å². The predicted molar refractivity (Wildman–Crippen MR) is 72.7 cm³/mol. The van der Waals surface area contributed by atoms with Gasteiger partial charge in [0.2, 0.25) is 0 Å². The van der Waals surface area contributed by atoms with E-state index in [9.17, 15) is 4.79 Å². The third-order valence-electron chi connectivity index (χ3n) is 2.68. The molecule has 2 rings (SSSR count). The van der Waals surface area contributed by atoms with E-state index in [1.54, 1.807) is 24.3 Å². The number of carbonyl (C=O) groups is 1. The Bertz CT molecular complexity index is 568. The number of benzene rings is 2. The lowest BCUT2D eigenvalue weighted by Crippen LogP contribution is -2.09. The maximum Gasteiger partial charge on any atom is 0.343 e. The van der Waals surface area contributed by atoms with Crippen LogP contribution in [0.2, 0.25) is 0 Å². The first-order valence-corrected chi connectivity index (χ1v) is 5.71. The molecule has 18 heavy (non-hydrogen) atoms. The molecule has 0 bridgehead atoms. The van der Waals surface area contributed by atoms with E-state index in [4.69, 9.17) is 4.74 Å². The third kappa shape index (κ3) is 2.66. The molecule has 0 radical (unpaired) electrons. The van der Waals surface area contributed by atoms with Crippen molar-refractivity contribution in [1.82, 2.24) is 0 Å². The van der Waals surface area contributed by atoms with Gasteiger partial charge in [-0.05, 0) is 36.2 Å². The second-order valence-electron chi connectivity index (χ2n) is 3.98. The Morgan fingerprint density at radius 3 is 2.39 bits per heavy atom. The summed E-state index contributed by atoms with van der Waals surface area (Å²) in [5, 5.41) is 0. The highest BCUT2D eigenvalue weighted by Crippen LogP contribution is 2.18. The number of rotatable bonds is 3. The molecule has 2 heteroatoms. The monoisotopic (exact) mass is 238 g/mol. The van der Waals surface area contributed by atoms with E-state index in [1.165, 1.54) is 0 Å². The Morgan fingerprint density at radius 1 is 1.11 bits per heavy atom. The number of aryl methyl sites for hydroxylation is 1. The molecule has 0 amide bonds. The van der Waals surface area contributed by atoms with Gasteiger partial charge in [0.25, 0.3) is 0 Å². The molecule has 0 aliphatic heterocycles. The van der Waals surface area contributed by atoms with E-state index in [-0.39, 0.29) is 5.97 Å². The molecule has 0 fully saturated rings. The van der Waals surface area contributed by atoms with E-state index in [0.717, 1.165) is 11.1 Å². The zero-order valence-corrected chi connectivity index (χ0v) is 10.2. The van der Waals surface area contributed by atoms with Gasteiger partial charge in [-0.3, -0.25) is 0 Å². The minimum absolute atomic E-state index is 0.347. The van der Waals surface area contributed by atoms with E-state index in [0.29, 0.717) is 11.3 Å². The lowest BCUT2D eigenvalue weighted by atomic mass is 10.1. The van der Waals surface area contributed by atoms with Crippen LogP contribution in [0.3, 0.4) is 0 Å². The maximum absolute atomic E-state index is 11.9. The van der Waals surface area contributed by atoms with Crippen molar-refractivity contribution in [2.45, 2.75) is 6.92 Å². The standard InChI is InChI=1S/C16H14O2/c1-3-13-8-10-14(11-9-13)16(17)18-15-7-5-4-6-12(15)2/h3-11H,1H2,2H3. The third-order valence-corrected chi connectivity index (χ3v) is 2.68. The Labute approximate surface area is 107 Å². The first kappa shape index (κ1) is 12.1. The van der Waals surface area contributed by atoms with Gasteiger partial charge in [0.15, 0.2) is 0 Å². The molecule has 0 aliphatic rings. The molecule has 0 aromatic heterocycles. The SMILES string of the molecule is C=Cc1ccc(C(=O)Oc2ccccc2C)cc1. The second-order valence-corrected chi connectivity index (χ2v) is 3.98. The van der Waals surface area contributed by atoms with Crippen LogP contribution in [0.1, 0.15) is 21.5 Å². The lowest BCUT2D eigenvalue weighted by molar-refractivity contribution is 0.0733. The van der Waals surface area contributed by atoms with E-state index >= 15 is 0 Å². The molecule has 0 spiro atoms. The highest BCUT2D eigenvalue weighted by molar-refractivity contribution is 5.91. The minimum atomic E-state index is -0.347. The molecule has 0 saturated heterocycles. The molecule has 0 atom stereocenters. The summed E-state index contributed by atoms with van der Waals surface area (Å²) in [6, 6.07) is 14.6. The number of para-hydroxylation sites is 1. The Morgan fingerprint density at radius 2 is 1.78 bits per heavy atom. The van der Waals surface area contributed by atoms with Gasteiger partial charge >= 0.3 is 5.97 Å². The molecule has 0 N–H and O–H groups in total. The van der Waals surface area contributed by atoms with Crippen molar-refractivity contribution in [2.75, 3.05) is 0 Å². The average Bonchev–Trinajstić information content (AvgIpc) is 2.41. The summed E-state index contributed by atoms with van der Waals surface area (Å²) >= 11 is 0. The highest BCUT2D eigenvalue weighted by atomic mass is 16.5. The summed E-state index contributed by atoms with van der Waals surface area (Å²) in [5.74, 6) is 0.246. The number of hydrogen-bond acceptors (Lipinski definition) is 2. The fourth-order valence-electron chi connectivity index (χ4n) is 1.59. The van der Waals surface area contributed by atoms with Crippen LogP contribution in [0, 0.1) is 6.92 Å². The maximum atomic E-state index is 11.9. The van der Waals surface area contributed by atoms with Crippen LogP contribution in [0.25, 0.3) is 6.08 Å². The van der Waals surface area contributed by atoms with Gasteiger partial charge in [0, 0.05) is 0 Å². The topological polar surface area (TPSA) is 26.3 Å². The van der Waals surface area contributed by atoms with Gasteiger partial charge in [0.05, 0.1) is 5.56 Å². The van der Waals surface area contributed by atoms with Crippen molar-refractivity contribution < 1.29 is 9.53 Å². The summed E-state index contributed by atoms with van der Waals surface area (Å²) in [5.41, 5.74) is 2.44. The number of carbonyl (C=O) groups excluding carboxylic acids is 1. The van der Waals surface area contributed by atoms with Gasteiger partial charge in [0.1, 0.15) is 5.75 Å². The molecule has 2 aromatic rings. The Kier molecular flexibility index (Phi) is 3.58. The average molecular weight is 238 g/mol. The van der Waals surface area contributed by atoms with E-state index in [1.807, 2.05) is 37.3 Å². The van der Waals surface area contributed by atoms with Crippen LogP contribution < -0.4 is 4.74 Å². The van der Waals surface area contributed by atoms with Crippen LogP contribution in [-0.4, -0.2) is 5.97 Å². The van der Waals surface area contributed by atoms with Gasteiger partial charge in [-0.25, -0.2) is 4.79 Å². The largest absolute Gasteiger partial charge is 0.423 e.